The summed E-state index contributed by atoms with van der Waals surface area (Å²) in [5.74, 6) is 0.863. The second-order valence-corrected chi connectivity index (χ2v) is 7.05. The maximum Gasteiger partial charge on any atom is 0.0453 e. The molecule has 2 unspecified atom stereocenters. The Hall–Kier alpha value is -0.570. The lowest BCUT2D eigenvalue weighted by molar-refractivity contribution is 0.160. The van der Waals surface area contributed by atoms with E-state index in [2.05, 4.69) is 36.2 Å². The SMILES string of the molecule is CC(c1ccccc1Cl)N1CCCNC(C)(C2CC2)C1. The molecular weight excluding hydrogens is 268 g/mol. The number of halogens is 1. The molecule has 3 rings (SSSR count). The Morgan fingerprint density at radius 2 is 2.10 bits per heavy atom. The molecule has 2 aliphatic rings. The fourth-order valence-electron chi connectivity index (χ4n) is 3.55. The zero-order valence-corrected chi connectivity index (χ0v) is 13.3. The van der Waals surface area contributed by atoms with Crippen molar-refractivity contribution in [1.82, 2.24) is 10.2 Å². The number of nitrogens with one attached hydrogen (secondary N) is 1. The van der Waals surface area contributed by atoms with Crippen molar-refractivity contribution in [2.24, 2.45) is 5.92 Å². The van der Waals surface area contributed by atoms with Crippen molar-refractivity contribution in [3.8, 4) is 0 Å². The molecule has 1 aliphatic carbocycles. The molecule has 0 amide bonds. The van der Waals surface area contributed by atoms with Crippen LogP contribution >= 0.6 is 11.6 Å². The molecule has 20 heavy (non-hydrogen) atoms. The van der Waals surface area contributed by atoms with Crippen molar-refractivity contribution in [1.29, 1.82) is 0 Å². The number of benzene rings is 1. The minimum absolute atomic E-state index is 0.284. The van der Waals surface area contributed by atoms with E-state index in [4.69, 9.17) is 11.6 Å². The minimum Gasteiger partial charge on any atom is -0.310 e. The third kappa shape index (κ3) is 2.88. The molecule has 1 aromatic carbocycles. The molecule has 1 aliphatic heterocycles. The summed E-state index contributed by atoms with van der Waals surface area (Å²) in [5, 5.41) is 4.69. The van der Waals surface area contributed by atoms with Gasteiger partial charge in [0, 0.05) is 29.7 Å². The van der Waals surface area contributed by atoms with Crippen molar-refractivity contribution < 1.29 is 0 Å². The van der Waals surface area contributed by atoms with Crippen LogP contribution in [-0.2, 0) is 0 Å². The van der Waals surface area contributed by atoms with E-state index < -0.39 is 0 Å². The Kier molecular flexibility index (Phi) is 4.07. The van der Waals surface area contributed by atoms with Gasteiger partial charge in [0.15, 0.2) is 0 Å². The highest BCUT2D eigenvalue weighted by Crippen LogP contribution is 2.41. The fourth-order valence-corrected chi connectivity index (χ4v) is 3.84. The first-order valence-corrected chi connectivity index (χ1v) is 8.21. The molecule has 3 heteroatoms. The molecule has 1 heterocycles. The zero-order chi connectivity index (χ0) is 14.2. The predicted molar refractivity (Wildman–Crippen MR) is 85.2 cm³/mol. The van der Waals surface area contributed by atoms with E-state index in [-0.39, 0.29) is 5.54 Å². The van der Waals surface area contributed by atoms with Gasteiger partial charge in [-0.25, -0.2) is 0 Å². The van der Waals surface area contributed by atoms with Gasteiger partial charge in [0.2, 0.25) is 0 Å². The lowest BCUT2D eigenvalue weighted by Crippen LogP contribution is -2.51. The van der Waals surface area contributed by atoms with Crippen LogP contribution in [-0.4, -0.2) is 30.1 Å². The quantitative estimate of drug-likeness (QED) is 0.910. The van der Waals surface area contributed by atoms with Gasteiger partial charge >= 0.3 is 0 Å². The average Bonchev–Trinajstić information content (AvgIpc) is 3.25. The second-order valence-electron chi connectivity index (χ2n) is 6.64. The largest absolute Gasteiger partial charge is 0.310 e. The lowest BCUT2D eigenvalue weighted by atomic mass is 9.94. The molecular formula is C17H25ClN2. The van der Waals surface area contributed by atoms with Crippen LogP contribution in [0, 0.1) is 5.92 Å². The van der Waals surface area contributed by atoms with Gasteiger partial charge in [0.25, 0.3) is 0 Å². The van der Waals surface area contributed by atoms with Gasteiger partial charge in [-0.2, -0.15) is 0 Å². The fraction of sp³-hybridized carbons (Fsp3) is 0.647. The molecule has 1 saturated carbocycles. The molecule has 2 atom stereocenters. The van der Waals surface area contributed by atoms with Crippen molar-refractivity contribution in [3.63, 3.8) is 0 Å². The number of rotatable bonds is 3. The first kappa shape index (κ1) is 14.4. The Morgan fingerprint density at radius 3 is 2.80 bits per heavy atom. The maximum absolute atomic E-state index is 6.38. The molecule has 1 saturated heterocycles. The highest BCUT2D eigenvalue weighted by atomic mass is 35.5. The van der Waals surface area contributed by atoms with Crippen molar-refractivity contribution in [2.45, 2.75) is 44.7 Å². The van der Waals surface area contributed by atoms with Crippen LogP contribution in [0.5, 0.6) is 0 Å². The molecule has 2 fully saturated rings. The summed E-state index contributed by atoms with van der Waals surface area (Å²) >= 11 is 6.38. The Bertz CT molecular complexity index is 472. The van der Waals surface area contributed by atoms with Crippen LogP contribution in [0.3, 0.4) is 0 Å². The van der Waals surface area contributed by atoms with E-state index in [9.17, 15) is 0 Å². The van der Waals surface area contributed by atoms with Gasteiger partial charge < -0.3 is 5.32 Å². The van der Waals surface area contributed by atoms with Crippen molar-refractivity contribution in [3.05, 3.63) is 34.9 Å². The van der Waals surface area contributed by atoms with E-state index in [1.165, 1.54) is 24.8 Å². The predicted octanol–water partition coefficient (Wildman–Crippen LogP) is 3.87. The third-order valence-corrected chi connectivity index (χ3v) is 5.41. The summed E-state index contributed by atoms with van der Waals surface area (Å²) in [6, 6.07) is 8.66. The van der Waals surface area contributed by atoms with Crippen LogP contribution in [0.25, 0.3) is 0 Å². The van der Waals surface area contributed by atoms with Crippen LogP contribution in [0.15, 0.2) is 24.3 Å². The Morgan fingerprint density at radius 1 is 1.35 bits per heavy atom. The van der Waals surface area contributed by atoms with Gasteiger partial charge in [-0.3, -0.25) is 4.90 Å². The monoisotopic (exact) mass is 292 g/mol. The van der Waals surface area contributed by atoms with Gasteiger partial charge in [-0.05, 0) is 57.2 Å². The van der Waals surface area contributed by atoms with Crippen molar-refractivity contribution in [2.75, 3.05) is 19.6 Å². The highest BCUT2D eigenvalue weighted by Gasteiger charge is 2.43. The maximum atomic E-state index is 6.38. The number of nitrogens with zero attached hydrogens (tertiary/aromatic N) is 1. The summed E-state index contributed by atoms with van der Waals surface area (Å²) in [5.41, 5.74) is 1.54. The minimum atomic E-state index is 0.284. The highest BCUT2D eigenvalue weighted by molar-refractivity contribution is 6.31. The normalized spacial score (nSPS) is 29.9. The first-order valence-electron chi connectivity index (χ1n) is 7.84. The topological polar surface area (TPSA) is 15.3 Å². The summed E-state index contributed by atoms with van der Waals surface area (Å²) in [6.07, 6.45) is 3.99. The van der Waals surface area contributed by atoms with Crippen LogP contribution < -0.4 is 5.32 Å². The van der Waals surface area contributed by atoms with Gasteiger partial charge in [0.1, 0.15) is 0 Å². The van der Waals surface area contributed by atoms with E-state index >= 15 is 0 Å². The zero-order valence-electron chi connectivity index (χ0n) is 12.5. The standard InChI is InChI=1S/C17H25ClN2/c1-13(15-6-3-4-7-16(15)18)20-11-5-10-19-17(2,12-20)14-8-9-14/h3-4,6-7,13-14,19H,5,8-12H2,1-2H3. The molecule has 0 aromatic heterocycles. The van der Waals surface area contributed by atoms with Gasteiger partial charge in [-0.1, -0.05) is 29.8 Å². The summed E-state index contributed by atoms with van der Waals surface area (Å²) in [4.78, 5) is 2.61. The molecule has 0 radical (unpaired) electrons. The van der Waals surface area contributed by atoms with Crippen LogP contribution in [0.2, 0.25) is 5.02 Å². The van der Waals surface area contributed by atoms with Crippen LogP contribution in [0.1, 0.15) is 44.7 Å². The summed E-state index contributed by atoms with van der Waals surface area (Å²) in [6.45, 7) is 8.12. The third-order valence-electron chi connectivity index (χ3n) is 5.06. The number of hydrogen-bond acceptors (Lipinski definition) is 2. The molecule has 2 nitrogen and oxygen atoms in total. The van der Waals surface area contributed by atoms with Gasteiger partial charge in [-0.15, -0.1) is 0 Å². The van der Waals surface area contributed by atoms with E-state index in [1.54, 1.807) is 0 Å². The first-order chi connectivity index (χ1) is 9.60. The molecule has 1 aromatic rings. The van der Waals surface area contributed by atoms with Crippen molar-refractivity contribution >= 4 is 11.6 Å². The Balaban J connectivity index is 1.79. The lowest BCUT2D eigenvalue weighted by Gasteiger charge is -2.37. The van der Waals surface area contributed by atoms with E-state index in [0.29, 0.717) is 6.04 Å². The molecule has 0 spiro atoms. The smallest absolute Gasteiger partial charge is 0.0453 e. The summed E-state index contributed by atoms with van der Waals surface area (Å²) in [7, 11) is 0. The number of hydrogen-bond donors (Lipinski definition) is 1. The van der Waals surface area contributed by atoms with E-state index in [1.807, 2.05) is 12.1 Å². The summed E-state index contributed by atoms with van der Waals surface area (Å²) < 4.78 is 0. The molecule has 110 valence electrons. The van der Waals surface area contributed by atoms with Gasteiger partial charge in [0.05, 0.1) is 0 Å². The molecule has 1 N–H and O–H groups in total. The molecule has 0 bridgehead atoms. The van der Waals surface area contributed by atoms with Crippen LogP contribution in [0.4, 0.5) is 0 Å². The average molecular weight is 293 g/mol. The Labute approximate surface area is 127 Å². The second kappa shape index (κ2) is 5.67. The van der Waals surface area contributed by atoms with E-state index in [0.717, 1.165) is 30.6 Å².